The minimum atomic E-state index is -0.743. The molecule has 4 nitrogen and oxygen atoms in total. The highest BCUT2D eigenvalue weighted by molar-refractivity contribution is 5.83. The third-order valence-electron chi connectivity index (χ3n) is 2.30. The van der Waals surface area contributed by atoms with Gasteiger partial charge in [-0.05, 0) is 24.6 Å². The molecule has 18 heavy (non-hydrogen) atoms. The van der Waals surface area contributed by atoms with Crippen LogP contribution in [0.4, 0.5) is 4.39 Å². The number of halogens is 1. The molecule has 0 aliphatic carbocycles. The van der Waals surface area contributed by atoms with Crippen LogP contribution < -0.4 is 5.32 Å². The molecule has 0 aliphatic rings. The lowest BCUT2D eigenvalue weighted by molar-refractivity contribution is -0.147. The van der Waals surface area contributed by atoms with Crippen LogP contribution in [0, 0.1) is 5.82 Å². The van der Waals surface area contributed by atoms with E-state index in [1.165, 1.54) is 19.1 Å². The zero-order valence-corrected chi connectivity index (χ0v) is 10.4. The number of benzene rings is 1. The number of esters is 1. The topological polar surface area (TPSA) is 55.4 Å². The maximum atomic E-state index is 12.8. The van der Waals surface area contributed by atoms with E-state index in [1.807, 2.05) is 0 Å². The minimum absolute atomic E-state index is 0.248. The van der Waals surface area contributed by atoms with Gasteiger partial charge in [0.15, 0.2) is 0 Å². The van der Waals surface area contributed by atoms with Gasteiger partial charge in [0.25, 0.3) is 0 Å². The molecule has 1 rings (SSSR count). The number of hydrogen-bond donors (Lipinski definition) is 1. The summed E-state index contributed by atoms with van der Waals surface area (Å²) in [6, 6.07) is 5.02. The molecule has 1 aromatic carbocycles. The van der Waals surface area contributed by atoms with Crippen LogP contribution in [-0.2, 0) is 20.7 Å². The SMILES string of the molecule is CCOC(=O)C(Cc1ccc(F)cc1)NC(C)=O. The van der Waals surface area contributed by atoms with Crippen molar-refractivity contribution in [1.82, 2.24) is 5.32 Å². The predicted octanol–water partition coefficient (Wildman–Crippen LogP) is 1.44. The summed E-state index contributed by atoms with van der Waals surface area (Å²) in [4.78, 5) is 22.7. The molecule has 1 atom stereocenters. The zero-order valence-electron chi connectivity index (χ0n) is 10.4. The van der Waals surface area contributed by atoms with Crippen LogP contribution in [0.25, 0.3) is 0 Å². The molecule has 0 radical (unpaired) electrons. The summed E-state index contributed by atoms with van der Waals surface area (Å²) in [6.45, 7) is 3.27. The maximum absolute atomic E-state index is 12.8. The average Bonchev–Trinajstić information content (AvgIpc) is 2.31. The molecule has 0 bridgehead atoms. The van der Waals surface area contributed by atoms with Crippen LogP contribution in [-0.4, -0.2) is 24.5 Å². The van der Waals surface area contributed by atoms with Crippen molar-refractivity contribution < 1.29 is 18.7 Å². The fourth-order valence-corrected chi connectivity index (χ4v) is 1.54. The summed E-state index contributed by atoms with van der Waals surface area (Å²) < 4.78 is 17.6. The van der Waals surface area contributed by atoms with Crippen LogP contribution in [0.1, 0.15) is 19.4 Å². The van der Waals surface area contributed by atoms with Crippen molar-refractivity contribution in [3.05, 3.63) is 35.6 Å². The van der Waals surface area contributed by atoms with Gasteiger partial charge in [0.2, 0.25) is 5.91 Å². The number of carbonyl (C=O) groups is 2. The normalized spacial score (nSPS) is 11.7. The molecule has 5 heteroatoms. The average molecular weight is 253 g/mol. The van der Waals surface area contributed by atoms with E-state index in [4.69, 9.17) is 4.74 Å². The quantitative estimate of drug-likeness (QED) is 0.808. The van der Waals surface area contributed by atoms with Gasteiger partial charge in [-0.3, -0.25) is 4.79 Å². The Morgan fingerprint density at radius 3 is 2.44 bits per heavy atom. The van der Waals surface area contributed by atoms with Crippen molar-refractivity contribution >= 4 is 11.9 Å². The Kier molecular flexibility index (Phi) is 5.30. The Bertz CT molecular complexity index is 417. The van der Waals surface area contributed by atoms with Gasteiger partial charge in [0.05, 0.1) is 6.61 Å². The lowest BCUT2D eigenvalue weighted by Crippen LogP contribution is -2.42. The fourth-order valence-electron chi connectivity index (χ4n) is 1.54. The maximum Gasteiger partial charge on any atom is 0.328 e. The molecule has 0 saturated carbocycles. The first kappa shape index (κ1) is 14.2. The van der Waals surface area contributed by atoms with Crippen LogP contribution in [0.5, 0.6) is 0 Å². The Morgan fingerprint density at radius 2 is 1.94 bits per heavy atom. The van der Waals surface area contributed by atoms with Gasteiger partial charge in [-0.25, -0.2) is 9.18 Å². The molecule has 0 spiro atoms. The number of rotatable bonds is 5. The van der Waals surface area contributed by atoms with E-state index < -0.39 is 12.0 Å². The van der Waals surface area contributed by atoms with Crippen LogP contribution in [0.15, 0.2) is 24.3 Å². The molecular weight excluding hydrogens is 237 g/mol. The number of amides is 1. The van der Waals surface area contributed by atoms with Gasteiger partial charge >= 0.3 is 5.97 Å². The second-order valence-electron chi connectivity index (χ2n) is 3.84. The van der Waals surface area contributed by atoms with Crippen LogP contribution in [0.3, 0.4) is 0 Å². The smallest absolute Gasteiger partial charge is 0.328 e. The Balaban J connectivity index is 2.74. The van der Waals surface area contributed by atoms with E-state index in [2.05, 4.69) is 5.32 Å². The molecule has 1 unspecified atom stereocenters. The molecule has 0 aromatic heterocycles. The van der Waals surface area contributed by atoms with Crippen molar-refractivity contribution in [3.8, 4) is 0 Å². The second-order valence-corrected chi connectivity index (χ2v) is 3.84. The predicted molar refractivity (Wildman–Crippen MR) is 64.3 cm³/mol. The Morgan fingerprint density at radius 1 is 1.33 bits per heavy atom. The fraction of sp³-hybridized carbons (Fsp3) is 0.385. The molecule has 98 valence electrons. The number of ether oxygens (including phenoxy) is 1. The van der Waals surface area contributed by atoms with Gasteiger partial charge in [0.1, 0.15) is 11.9 Å². The Hall–Kier alpha value is -1.91. The number of nitrogens with one attached hydrogen (secondary N) is 1. The van der Waals surface area contributed by atoms with E-state index >= 15 is 0 Å². The highest BCUT2D eigenvalue weighted by Gasteiger charge is 2.20. The van der Waals surface area contributed by atoms with Crippen LogP contribution in [0.2, 0.25) is 0 Å². The summed E-state index contributed by atoms with van der Waals surface area (Å²) in [5.41, 5.74) is 0.753. The highest BCUT2D eigenvalue weighted by Crippen LogP contribution is 2.07. The first-order valence-electron chi connectivity index (χ1n) is 5.71. The van der Waals surface area contributed by atoms with Crippen molar-refractivity contribution in [3.63, 3.8) is 0 Å². The first-order valence-corrected chi connectivity index (χ1v) is 5.71. The van der Waals surface area contributed by atoms with Gasteiger partial charge in [-0.2, -0.15) is 0 Å². The zero-order chi connectivity index (χ0) is 13.5. The summed E-state index contributed by atoms with van der Waals surface area (Å²) >= 11 is 0. The van der Waals surface area contributed by atoms with E-state index in [9.17, 15) is 14.0 Å². The van der Waals surface area contributed by atoms with Gasteiger partial charge in [0, 0.05) is 13.3 Å². The molecule has 1 N–H and O–H groups in total. The monoisotopic (exact) mass is 253 g/mol. The summed E-state index contributed by atoms with van der Waals surface area (Å²) in [6.07, 6.45) is 0.276. The second kappa shape index (κ2) is 6.74. The number of carbonyl (C=O) groups excluding carboxylic acids is 2. The third kappa shape index (κ3) is 4.53. The molecule has 0 fully saturated rings. The van der Waals surface area contributed by atoms with Gasteiger partial charge in [-0.1, -0.05) is 12.1 Å². The van der Waals surface area contributed by atoms with Crippen molar-refractivity contribution in [2.45, 2.75) is 26.3 Å². The molecule has 0 aliphatic heterocycles. The molecule has 1 aromatic rings. The molecule has 1 amide bonds. The van der Waals surface area contributed by atoms with Gasteiger partial charge < -0.3 is 10.1 Å². The summed E-state index contributed by atoms with van der Waals surface area (Å²) in [7, 11) is 0. The summed E-state index contributed by atoms with van der Waals surface area (Å²) in [5, 5.41) is 2.52. The van der Waals surface area contributed by atoms with Crippen molar-refractivity contribution in [2.75, 3.05) is 6.61 Å². The molecule has 0 heterocycles. The van der Waals surface area contributed by atoms with Crippen molar-refractivity contribution in [1.29, 1.82) is 0 Å². The minimum Gasteiger partial charge on any atom is -0.464 e. The van der Waals surface area contributed by atoms with Gasteiger partial charge in [-0.15, -0.1) is 0 Å². The highest BCUT2D eigenvalue weighted by atomic mass is 19.1. The standard InChI is InChI=1S/C13H16FNO3/c1-3-18-13(17)12(15-9(2)16)8-10-4-6-11(14)7-5-10/h4-7,12H,3,8H2,1-2H3,(H,15,16). The van der Waals surface area contributed by atoms with E-state index in [1.54, 1.807) is 19.1 Å². The van der Waals surface area contributed by atoms with E-state index in [0.717, 1.165) is 5.56 Å². The first-order chi connectivity index (χ1) is 8.52. The molecular formula is C13H16FNO3. The lowest BCUT2D eigenvalue weighted by Gasteiger charge is -2.16. The Labute approximate surface area is 105 Å². The largest absolute Gasteiger partial charge is 0.464 e. The van der Waals surface area contributed by atoms with E-state index in [0.29, 0.717) is 0 Å². The number of hydrogen-bond acceptors (Lipinski definition) is 3. The van der Waals surface area contributed by atoms with Crippen LogP contribution >= 0.6 is 0 Å². The van der Waals surface area contributed by atoms with E-state index in [-0.39, 0.29) is 24.8 Å². The van der Waals surface area contributed by atoms with Crippen molar-refractivity contribution in [2.24, 2.45) is 0 Å². The third-order valence-corrected chi connectivity index (χ3v) is 2.30. The molecule has 0 saturated heterocycles. The summed E-state index contributed by atoms with van der Waals surface area (Å²) in [5.74, 6) is -1.14. The lowest BCUT2D eigenvalue weighted by atomic mass is 10.1.